The molecule has 2 aliphatic heterocycles. The van der Waals surface area contributed by atoms with Gasteiger partial charge in [0, 0.05) is 34.0 Å². The number of benzene rings is 1. The summed E-state index contributed by atoms with van der Waals surface area (Å²) in [6, 6.07) is 9.75. The zero-order valence-electron chi connectivity index (χ0n) is 17.7. The minimum absolute atomic E-state index is 0.0628. The van der Waals surface area contributed by atoms with E-state index in [9.17, 15) is 9.59 Å². The number of halogens is 2. The van der Waals surface area contributed by atoms with Crippen molar-refractivity contribution >= 4 is 68.9 Å². The van der Waals surface area contributed by atoms with Gasteiger partial charge in [0.25, 0.3) is 0 Å². The number of carbonyl (C=O) groups excluding carboxylic acids is 2. The molecule has 10 heteroatoms. The van der Waals surface area contributed by atoms with Crippen molar-refractivity contribution in [3.8, 4) is 0 Å². The zero-order chi connectivity index (χ0) is 23.1. The summed E-state index contributed by atoms with van der Waals surface area (Å²) in [5, 5.41) is -0.445. The molecule has 0 aromatic heterocycles. The van der Waals surface area contributed by atoms with E-state index in [0.717, 1.165) is 9.32 Å². The molecular formula is C22H26I2O7S. The van der Waals surface area contributed by atoms with Crippen LogP contribution >= 0.6 is 56.9 Å². The monoisotopic (exact) mass is 688 g/mol. The summed E-state index contributed by atoms with van der Waals surface area (Å²) in [6.07, 6.45) is 1.46. The Morgan fingerprint density at radius 1 is 1.06 bits per heavy atom. The molecule has 0 saturated carbocycles. The van der Waals surface area contributed by atoms with Crippen LogP contribution in [-0.4, -0.2) is 62.9 Å². The van der Waals surface area contributed by atoms with Gasteiger partial charge < -0.3 is 23.7 Å². The predicted molar refractivity (Wildman–Crippen MR) is 137 cm³/mol. The number of hydrogen-bond acceptors (Lipinski definition) is 8. The van der Waals surface area contributed by atoms with Crippen molar-refractivity contribution in [2.45, 2.75) is 67.2 Å². The van der Waals surface area contributed by atoms with E-state index in [1.54, 1.807) is 6.26 Å². The molecule has 7 unspecified atom stereocenters. The first-order chi connectivity index (χ1) is 15.4. The molecule has 0 bridgehead atoms. The smallest absolute Gasteiger partial charge is 0.303 e. The Labute approximate surface area is 219 Å². The van der Waals surface area contributed by atoms with E-state index in [1.807, 2.05) is 36.4 Å². The lowest BCUT2D eigenvalue weighted by molar-refractivity contribution is -0.259. The van der Waals surface area contributed by atoms with Gasteiger partial charge in [0.05, 0.1) is 12.4 Å². The molecule has 176 valence electrons. The van der Waals surface area contributed by atoms with E-state index >= 15 is 0 Å². The van der Waals surface area contributed by atoms with Crippen LogP contribution in [-0.2, 0) is 33.3 Å². The third kappa shape index (κ3) is 7.21. The summed E-state index contributed by atoms with van der Waals surface area (Å²) in [5.41, 5.74) is 0. The van der Waals surface area contributed by atoms with Crippen LogP contribution in [0.15, 0.2) is 47.6 Å². The number of alkyl halides is 2. The van der Waals surface area contributed by atoms with Crippen LogP contribution in [0.5, 0.6) is 0 Å². The Balaban J connectivity index is 1.92. The molecule has 0 aliphatic carbocycles. The van der Waals surface area contributed by atoms with Crippen molar-refractivity contribution in [3.63, 3.8) is 0 Å². The summed E-state index contributed by atoms with van der Waals surface area (Å²) in [4.78, 5) is 24.9. The molecule has 0 amide bonds. The van der Waals surface area contributed by atoms with Crippen LogP contribution in [0.1, 0.15) is 20.3 Å². The maximum Gasteiger partial charge on any atom is 0.303 e. The molecule has 7 nitrogen and oxygen atoms in total. The highest BCUT2D eigenvalue weighted by atomic mass is 127. The second kappa shape index (κ2) is 12.8. The van der Waals surface area contributed by atoms with E-state index < -0.39 is 41.8 Å². The van der Waals surface area contributed by atoms with Gasteiger partial charge >= 0.3 is 11.9 Å². The highest BCUT2D eigenvalue weighted by molar-refractivity contribution is 14.1. The quantitative estimate of drug-likeness (QED) is 0.228. The van der Waals surface area contributed by atoms with Crippen LogP contribution < -0.4 is 0 Å². The van der Waals surface area contributed by atoms with Gasteiger partial charge in [0.2, 0.25) is 0 Å². The van der Waals surface area contributed by atoms with Gasteiger partial charge in [-0.25, -0.2) is 0 Å². The number of carbonyl (C=O) groups is 2. The average Bonchev–Trinajstić information content (AvgIpc) is 2.77. The molecule has 7 atom stereocenters. The van der Waals surface area contributed by atoms with Gasteiger partial charge in [-0.15, -0.1) is 11.8 Å². The number of ether oxygens (including phenoxy) is 5. The summed E-state index contributed by atoms with van der Waals surface area (Å²) in [6.45, 7) is 2.69. The first kappa shape index (κ1) is 26.0. The Morgan fingerprint density at radius 3 is 2.38 bits per heavy atom. The molecule has 0 radical (unpaired) electrons. The van der Waals surface area contributed by atoms with Crippen LogP contribution in [0.4, 0.5) is 0 Å². The molecule has 2 aliphatic rings. The number of thioether (sulfide) groups is 1. The van der Waals surface area contributed by atoms with E-state index in [2.05, 4.69) is 45.2 Å². The zero-order valence-corrected chi connectivity index (χ0v) is 22.9. The Kier molecular flexibility index (Phi) is 10.4. The number of esters is 2. The minimum atomic E-state index is -0.735. The van der Waals surface area contributed by atoms with E-state index in [0.29, 0.717) is 10.8 Å². The molecule has 32 heavy (non-hydrogen) atoms. The normalized spacial score (nSPS) is 32.1. The van der Waals surface area contributed by atoms with Crippen LogP contribution in [0.25, 0.3) is 0 Å². The largest absolute Gasteiger partial charge is 0.497 e. The highest BCUT2D eigenvalue weighted by Crippen LogP contribution is 2.39. The molecule has 1 aromatic carbocycles. The molecule has 3 rings (SSSR count). The van der Waals surface area contributed by atoms with Gasteiger partial charge in [-0.05, 0) is 18.2 Å². The Morgan fingerprint density at radius 2 is 1.75 bits per heavy atom. The molecule has 1 fully saturated rings. The SMILES string of the molecule is CC(=O)OC1C(CI)OC(OC2C=COC(CI)C2)C(Sc2ccccc2)C1OC(C)=O. The Hall–Kier alpha value is -0.570. The van der Waals surface area contributed by atoms with Crippen LogP contribution in [0.2, 0.25) is 0 Å². The standard InChI is InChI=1S/C22H26I2O7S/c1-13(25)28-19-18(12-24)31-22(30-15-8-9-27-16(10-15)11-23)21(20(19)29-14(2)26)32-17-6-4-3-5-7-17/h3-9,15-16,18-22H,10-12H2,1-2H3. The molecule has 0 spiro atoms. The predicted octanol–water partition coefficient (Wildman–Crippen LogP) is 4.29. The summed E-state index contributed by atoms with van der Waals surface area (Å²) in [5.74, 6) is -0.903. The van der Waals surface area contributed by atoms with Crippen LogP contribution in [0, 0.1) is 0 Å². The first-order valence-corrected chi connectivity index (χ1v) is 14.2. The molecule has 1 aromatic rings. The third-order valence-electron chi connectivity index (χ3n) is 4.90. The maximum absolute atomic E-state index is 12.0. The van der Waals surface area contributed by atoms with Crippen molar-refractivity contribution in [2.24, 2.45) is 0 Å². The van der Waals surface area contributed by atoms with Crippen molar-refractivity contribution in [2.75, 3.05) is 8.86 Å². The molecule has 2 heterocycles. The van der Waals surface area contributed by atoms with E-state index in [-0.39, 0.29) is 12.2 Å². The van der Waals surface area contributed by atoms with Gasteiger partial charge in [-0.2, -0.15) is 0 Å². The van der Waals surface area contributed by atoms with Gasteiger partial charge in [-0.1, -0.05) is 63.4 Å². The van der Waals surface area contributed by atoms with E-state index in [4.69, 9.17) is 23.7 Å². The Bertz CT molecular complexity index is 794. The second-order valence-corrected chi connectivity index (χ2v) is 10.4. The average molecular weight is 688 g/mol. The van der Waals surface area contributed by atoms with Crippen molar-refractivity contribution < 1.29 is 33.3 Å². The molecule has 0 N–H and O–H groups in total. The lowest BCUT2D eigenvalue weighted by Gasteiger charge is -2.45. The van der Waals surface area contributed by atoms with Gasteiger partial charge in [0.1, 0.15) is 17.5 Å². The summed E-state index contributed by atoms with van der Waals surface area (Å²) in [7, 11) is 0. The fraction of sp³-hybridized carbons (Fsp3) is 0.545. The summed E-state index contributed by atoms with van der Waals surface area (Å²) >= 11 is 5.95. The van der Waals surface area contributed by atoms with Crippen LogP contribution in [0.3, 0.4) is 0 Å². The fourth-order valence-corrected chi connectivity index (χ4v) is 6.05. The first-order valence-electron chi connectivity index (χ1n) is 10.2. The van der Waals surface area contributed by atoms with Crippen molar-refractivity contribution in [1.29, 1.82) is 0 Å². The highest BCUT2D eigenvalue weighted by Gasteiger charge is 2.51. The lowest BCUT2D eigenvalue weighted by Crippen LogP contribution is -2.60. The van der Waals surface area contributed by atoms with Crippen molar-refractivity contribution in [1.82, 2.24) is 0 Å². The summed E-state index contributed by atoms with van der Waals surface area (Å²) < 4.78 is 31.0. The van der Waals surface area contributed by atoms with E-state index in [1.165, 1.54) is 25.6 Å². The minimum Gasteiger partial charge on any atom is -0.497 e. The number of rotatable bonds is 8. The maximum atomic E-state index is 12.0. The van der Waals surface area contributed by atoms with Gasteiger partial charge in [0.15, 0.2) is 18.5 Å². The lowest BCUT2D eigenvalue weighted by atomic mass is 10.0. The van der Waals surface area contributed by atoms with Gasteiger partial charge in [-0.3, -0.25) is 9.59 Å². The molecular weight excluding hydrogens is 662 g/mol. The molecule has 1 saturated heterocycles. The topological polar surface area (TPSA) is 80.3 Å². The number of hydrogen-bond donors (Lipinski definition) is 0. The third-order valence-corrected chi connectivity index (χ3v) is 8.06. The second-order valence-electron chi connectivity index (χ2n) is 7.39. The van der Waals surface area contributed by atoms with Crippen molar-refractivity contribution in [3.05, 3.63) is 42.7 Å². The fourth-order valence-electron chi connectivity index (χ4n) is 3.56.